The molecule has 6 heteroatoms. The first-order valence-corrected chi connectivity index (χ1v) is 5.28. The third-order valence-electron chi connectivity index (χ3n) is 2.12. The summed E-state index contributed by atoms with van der Waals surface area (Å²) in [6.45, 7) is 3.27. The molecule has 0 saturated carbocycles. The van der Waals surface area contributed by atoms with Crippen LogP contribution in [0.4, 0.5) is 13.2 Å². The van der Waals surface area contributed by atoms with Gasteiger partial charge in [-0.05, 0) is 37.6 Å². The van der Waals surface area contributed by atoms with Crippen molar-refractivity contribution in [3.63, 3.8) is 0 Å². The molecular formula is C12H13F3O3. The number of carbonyl (C=O) groups is 1. The molecule has 1 rings (SSSR count). The zero-order valence-electron chi connectivity index (χ0n) is 10.0. The number of alkyl halides is 3. The number of benzene rings is 1. The summed E-state index contributed by atoms with van der Waals surface area (Å²) < 4.78 is 47.1. The normalized spacial score (nSPS) is 11.4. The van der Waals surface area contributed by atoms with Gasteiger partial charge in [-0.3, -0.25) is 0 Å². The first kappa shape index (κ1) is 14.5. The van der Waals surface area contributed by atoms with Crippen molar-refractivity contribution in [3.8, 4) is 0 Å². The van der Waals surface area contributed by atoms with Crippen LogP contribution in [0.25, 0.3) is 0 Å². The highest BCUT2D eigenvalue weighted by atomic mass is 19.4. The van der Waals surface area contributed by atoms with Gasteiger partial charge in [-0.25, -0.2) is 4.79 Å². The second-order valence-electron chi connectivity index (χ2n) is 3.63. The molecule has 0 amide bonds. The van der Waals surface area contributed by atoms with E-state index in [1.165, 1.54) is 13.0 Å². The Morgan fingerprint density at radius 1 is 1.28 bits per heavy atom. The van der Waals surface area contributed by atoms with Crippen LogP contribution in [-0.2, 0) is 15.7 Å². The predicted molar refractivity (Wildman–Crippen MR) is 58.1 cm³/mol. The molecule has 0 aliphatic heterocycles. The van der Waals surface area contributed by atoms with Crippen LogP contribution >= 0.6 is 0 Å². The minimum absolute atomic E-state index is 0.137. The van der Waals surface area contributed by atoms with Crippen molar-refractivity contribution in [1.29, 1.82) is 0 Å². The molecule has 0 aromatic heterocycles. The molecule has 0 atom stereocenters. The Labute approximate surface area is 103 Å². The Balaban J connectivity index is 2.89. The van der Waals surface area contributed by atoms with Crippen molar-refractivity contribution in [3.05, 3.63) is 34.9 Å². The maximum atomic E-state index is 12.5. The largest absolute Gasteiger partial charge is 0.435 e. The van der Waals surface area contributed by atoms with Gasteiger partial charge in [0.1, 0.15) is 0 Å². The van der Waals surface area contributed by atoms with Gasteiger partial charge in [0.2, 0.25) is 0 Å². The van der Waals surface area contributed by atoms with Crippen LogP contribution in [0.3, 0.4) is 0 Å². The van der Waals surface area contributed by atoms with Gasteiger partial charge in [-0.2, -0.15) is 13.2 Å². The average molecular weight is 262 g/mol. The van der Waals surface area contributed by atoms with Gasteiger partial charge >= 0.3 is 12.1 Å². The quantitative estimate of drug-likeness (QED) is 0.475. The number of ether oxygens (including phenoxy) is 2. The molecule has 0 unspecified atom stereocenters. The summed E-state index contributed by atoms with van der Waals surface area (Å²) in [5, 5.41) is 0. The molecule has 0 fully saturated rings. The van der Waals surface area contributed by atoms with Gasteiger partial charge in [-0.1, -0.05) is 0 Å². The maximum Gasteiger partial charge on any atom is 0.416 e. The van der Waals surface area contributed by atoms with Crippen molar-refractivity contribution < 1.29 is 27.4 Å². The molecule has 0 bridgehead atoms. The van der Waals surface area contributed by atoms with Crippen LogP contribution < -0.4 is 0 Å². The highest BCUT2D eigenvalue weighted by Gasteiger charge is 2.31. The molecule has 100 valence electrons. The van der Waals surface area contributed by atoms with E-state index in [9.17, 15) is 18.0 Å². The van der Waals surface area contributed by atoms with Crippen molar-refractivity contribution in [2.75, 3.05) is 13.4 Å². The van der Waals surface area contributed by atoms with Crippen LogP contribution in [0, 0.1) is 6.92 Å². The Kier molecular flexibility index (Phi) is 4.72. The van der Waals surface area contributed by atoms with E-state index in [2.05, 4.69) is 4.74 Å². The van der Waals surface area contributed by atoms with E-state index in [-0.39, 0.29) is 12.4 Å². The smallest absolute Gasteiger partial charge is 0.416 e. The summed E-state index contributed by atoms with van der Waals surface area (Å²) in [7, 11) is 0. The molecule has 0 radical (unpaired) electrons. The highest BCUT2D eigenvalue weighted by molar-refractivity contribution is 5.89. The van der Waals surface area contributed by atoms with Crippen LogP contribution in [-0.4, -0.2) is 19.4 Å². The third-order valence-corrected chi connectivity index (χ3v) is 2.12. The zero-order chi connectivity index (χ0) is 13.8. The molecule has 18 heavy (non-hydrogen) atoms. The molecular weight excluding hydrogens is 249 g/mol. The lowest BCUT2D eigenvalue weighted by Gasteiger charge is -2.10. The molecule has 0 aliphatic carbocycles. The second kappa shape index (κ2) is 5.86. The van der Waals surface area contributed by atoms with E-state index < -0.39 is 17.7 Å². The van der Waals surface area contributed by atoms with Gasteiger partial charge in [0, 0.05) is 6.61 Å². The molecule has 0 spiro atoms. The lowest BCUT2D eigenvalue weighted by atomic mass is 10.1. The van der Waals surface area contributed by atoms with E-state index >= 15 is 0 Å². The van der Waals surface area contributed by atoms with Gasteiger partial charge in [0.05, 0.1) is 11.1 Å². The molecule has 0 heterocycles. The molecule has 3 nitrogen and oxygen atoms in total. The van der Waals surface area contributed by atoms with E-state index in [1.807, 2.05) is 0 Å². The Morgan fingerprint density at radius 2 is 1.94 bits per heavy atom. The van der Waals surface area contributed by atoms with E-state index in [0.717, 1.165) is 12.1 Å². The van der Waals surface area contributed by atoms with Crippen LogP contribution in [0.15, 0.2) is 18.2 Å². The molecule has 0 N–H and O–H groups in total. The summed E-state index contributed by atoms with van der Waals surface area (Å²) in [5.74, 6) is -0.836. The number of halogens is 3. The van der Waals surface area contributed by atoms with Gasteiger partial charge < -0.3 is 9.47 Å². The molecule has 0 saturated heterocycles. The standard InChI is InChI=1S/C12H13F3O3/c1-3-17-7-18-11(16)9-4-8(2)5-10(6-9)12(13,14)15/h4-6H,3,7H2,1-2H3. The second-order valence-corrected chi connectivity index (χ2v) is 3.63. The highest BCUT2D eigenvalue weighted by Crippen LogP contribution is 2.30. The SMILES string of the molecule is CCOCOC(=O)c1cc(C)cc(C(F)(F)F)c1. The number of aryl methyl sites for hydroxylation is 1. The van der Waals surface area contributed by atoms with Crippen molar-refractivity contribution in [1.82, 2.24) is 0 Å². The summed E-state index contributed by atoms with van der Waals surface area (Å²) in [6.07, 6.45) is -4.49. The maximum absolute atomic E-state index is 12.5. The first-order valence-electron chi connectivity index (χ1n) is 5.28. The van der Waals surface area contributed by atoms with E-state index in [0.29, 0.717) is 12.2 Å². The topological polar surface area (TPSA) is 35.5 Å². The molecule has 0 aliphatic rings. The third kappa shape index (κ3) is 4.03. The van der Waals surface area contributed by atoms with Crippen molar-refractivity contribution >= 4 is 5.97 Å². The number of carbonyl (C=O) groups excluding carboxylic acids is 1. The minimum atomic E-state index is -4.49. The lowest BCUT2D eigenvalue weighted by Crippen LogP contribution is -2.12. The van der Waals surface area contributed by atoms with E-state index in [1.54, 1.807) is 6.92 Å². The first-order chi connectivity index (χ1) is 8.34. The molecule has 1 aromatic rings. The monoisotopic (exact) mass is 262 g/mol. The summed E-state index contributed by atoms with van der Waals surface area (Å²) in [5.41, 5.74) is -0.666. The average Bonchev–Trinajstić information content (AvgIpc) is 2.27. The van der Waals surface area contributed by atoms with Crippen LogP contribution in [0.5, 0.6) is 0 Å². The van der Waals surface area contributed by atoms with Gasteiger partial charge in [0.25, 0.3) is 0 Å². The summed E-state index contributed by atoms with van der Waals surface area (Å²) >= 11 is 0. The predicted octanol–water partition coefficient (Wildman–Crippen LogP) is 3.16. The Bertz CT molecular complexity index is 427. The Hall–Kier alpha value is -1.56. The fourth-order valence-electron chi connectivity index (χ4n) is 1.33. The van der Waals surface area contributed by atoms with Gasteiger partial charge in [0.15, 0.2) is 6.79 Å². The molecule has 1 aromatic carbocycles. The zero-order valence-corrected chi connectivity index (χ0v) is 10.0. The van der Waals surface area contributed by atoms with E-state index in [4.69, 9.17) is 4.74 Å². The number of hydrogen-bond donors (Lipinski definition) is 0. The Morgan fingerprint density at radius 3 is 2.50 bits per heavy atom. The van der Waals surface area contributed by atoms with Crippen LogP contribution in [0.1, 0.15) is 28.4 Å². The van der Waals surface area contributed by atoms with Crippen molar-refractivity contribution in [2.24, 2.45) is 0 Å². The fraction of sp³-hybridized carbons (Fsp3) is 0.417. The number of rotatable bonds is 4. The minimum Gasteiger partial charge on any atom is -0.435 e. The number of esters is 1. The fourth-order valence-corrected chi connectivity index (χ4v) is 1.33. The van der Waals surface area contributed by atoms with Gasteiger partial charge in [-0.15, -0.1) is 0 Å². The van der Waals surface area contributed by atoms with Crippen molar-refractivity contribution in [2.45, 2.75) is 20.0 Å². The number of hydrogen-bond acceptors (Lipinski definition) is 3. The lowest BCUT2D eigenvalue weighted by molar-refractivity contribution is -0.137. The summed E-state index contributed by atoms with van der Waals surface area (Å²) in [4.78, 5) is 11.5. The summed E-state index contributed by atoms with van der Waals surface area (Å²) in [6, 6.07) is 3.07. The van der Waals surface area contributed by atoms with Crippen LogP contribution in [0.2, 0.25) is 0 Å².